The molecule has 1 atom stereocenters. The molecular weight excluding hydrogens is 296 g/mol. The summed E-state index contributed by atoms with van der Waals surface area (Å²) in [6, 6.07) is 0. The third-order valence-corrected chi connectivity index (χ3v) is 2.87. The molecule has 124 valence electrons. The number of carboxylic acids is 3. The van der Waals surface area contributed by atoms with Crippen molar-refractivity contribution in [2.45, 2.75) is 32.4 Å². The normalized spacial score (nSPS) is 13.2. The number of amides is 1. The predicted octanol–water partition coefficient (Wildman–Crippen LogP) is -0.269. The van der Waals surface area contributed by atoms with E-state index in [4.69, 9.17) is 10.2 Å². The van der Waals surface area contributed by atoms with Gasteiger partial charge in [-0.05, 0) is 13.3 Å². The Kier molecular flexibility index (Phi) is 7.23. The highest BCUT2D eigenvalue weighted by molar-refractivity contribution is 5.96. The average Bonchev–Trinajstić information content (AvgIpc) is 2.35. The molecule has 0 bridgehead atoms. The van der Waals surface area contributed by atoms with Crippen LogP contribution in [0.3, 0.4) is 0 Å². The number of carboxylic acid groups (broad SMARTS) is 3. The van der Waals surface area contributed by atoms with Gasteiger partial charge in [0, 0.05) is 5.57 Å². The van der Waals surface area contributed by atoms with Crippen molar-refractivity contribution in [2.75, 3.05) is 13.1 Å². The zero-order chi connectivity index (χ0) is 17.5. The van der Waals surface area contributed by atoms with E-state index in [1.807, 2.05) is 0 Å². The summed E-state index contributed by atoms with van der Waals surface area (Å²) in [5, 5.41) is 29.5. The van der Waals surface area contributed by atoms with Crippen LogP contribution in [0.4, 0.5) is 0 Å². The minimum Gasteiger partial charge on any atom is -0.480 e. The van der Waals surface area contributed by atoms with Gasteiger partial charge in [-0.15, -0.1) is 0 Å². The lowest BCUT2D eigenvalue weighted by Gasteiger charge is -2.39. The second-order valence-corrected chi connectivity index (χ2v) is 4.79. The second-order valence-electron chi connectivity index (χ2n) is 4.79. The number of carbonyl (C=O) groups excluding carboxylic acids is 1. The summed E-state index contributed by atoms with van der Waals surface area (Å²) >= 11 is 0. The van der Waals surface area contributed by atoms with Gasteiger partial charge in [-0.25, -0.2) is 9.69 Å². The molecule has 1 amide bonds. The molecule has 0 aromatic carbocycles. The Bertz CT molecular complexity index is 473. The maximum absolute atomic E-state index is 11.8. The summed E-state index contributed by atoms with van der Waals surface area (Å²) in [6.07, 6.45) is 0.112. The van der Waals surface area contributed by atoms with Crippen LogP contribution in [0.2, 0.25) is 0 Å². The van der Waals surface area contributed by atoms with Gasteiger partial charge < -0.3 is 20.6 Å². The first kappa shape index (κ1) is 19.6. The molecule has 9 heteroatoms. The minimum atomic E-state index is -2.14. The fourth-order valence-electron chi connectivity index (χ4n) is 1.90. The zero-order valence-corrected chi connectivity index (χ0v) is 12.5. The van der Waals surface area contributed by atoms with Crippen molar-refractivity contribution in [3.63, 3.8) is 0 Å². The Hall–Kier alpha value is -2.42. The molecule has 0 saturated heterocycles. The minimum absolute atomic E-state index is 0.0207. The highest BCUT2D eigenvalue weighted by atomic mass is 16.4. The van der Waals surface area contributed by atoms with Crippen LogP contribution in [0.5, 0.6) is 0 Å². The first-order valence-electron chi connectivity index (χ1n) is 6.46. The molecule has 0 rings (SSSR count). The molecule has 0 spiro atoms. The van der Waals surface area contributed by atoms with Crippen molar-refractivity contribution < 1.29 is 34.5 Å². The Morgan fingerprint density at radius 1 is 1.09 bits per heavy atom. The second kappa shape index (κ2) is 8.13. The molecule has 0 aliphatic heterocycles. The van der Waals surface area contributed by atoms with Crippen LogP contribution < -0.4 is 5.32 Å². The number of hydrogen-bond acceptors (Lipinski definition) is 5. The summed E-state index contributed by atoms with van der Waals surface area (Å²) in [5.41, 5.74) is -2.12. The maximum atomic E-state index is 11.8. The summed E-state index contributed by atoms with van der Waals surface area (Å²) in [5.74, 6) is -5.15. The fraction of sp³-hybridized carbons (Fsp3) is 0.538. The smallest absolute Gasteiger partial charge is 0.344 e. The van der Waals surface area contributed by atoms with E-state index in [2.05, 4.69) is 11.9 Å². The molecule has 0 saturated carbocycles. The average molecular weight is 316 g/mol. The number of hydrogen-bond donors (Lipinski definition) is 4. The summed E-state index contributed by atoms with van der Waals surface area (Å²) in [4.78, 5) is 46.1. The molecular formula is C13H20N2O7. The first-order valence-corrected chi connectivity index (χ1v) is 6.46. The number of nitrogens with one attached hydrogen (secondary N) is 1. The monoisotopic (exact) mass is 316 g/mol. The largest absolute Gasteiger partial charge is 0.480 e. The Labute approximate surface area is 127 Å². The van der Waals surface area contributed by atoms with Crippen LogP contribution in [-0.2, 0) is 19.2 Å². The molecule has 0 fully saturated rings. The van der Waals surface area contributed by atoms with E-state index in [1.165, 1.54) is 6.92 Å². The summed E-state index contributed by atoms with van der Waals surface area (Å²) in [6.45, 7) is 4.66. The molecule has 0 aromatic rings. The van der Waals surface area contributed by atoms with Gasteiger partial charge >= 0.3 is 17.9 Å². The Morgan fingerprint density at radius 3 is 1.82 bits per heavy atom. The van der Waals surface area contributed by atoms with Gasteiger partial charge in [-0.3, -0.25) is 14.4 Å². The molecule has 0 aliphatic rings. The van der Waals surface area contributed by atoms with Crippen molar-refractivity contribution in [1.29, 1.82) is 0 Å². The van der Waals surface area contributed by atoms with E-state index in [9.17, 15) is 24.3 Å². The van der Waals surface area contributed by atoms with Crippen LogP contribution >= 0.6 is 0 Å². The van der Waals surface area contributed by atoms with Gasteiger partial charge in [0.25, 0.3) is 0 Å². The van der Waals surface area contributed by atoms with Gasteiger partial charge in [0.15, 0.2) is 5.66 Å². The fourth-order valence-corrected chi connectivity index (χ4v) is 1.90. The van der Waals surface area contributed by atoms with E-state index in [0.29, 0.717) is 4.90 Å². The molecule has 0 radical (unpaired) electrons. The molecule has 0 heterocycles. The predicted molar refractivity (Wildman–Crippen MR) is 75.1 cm³/mol. The number of aliphatic carboxylic acids is 3. The zero-order valence-electron chi connectivity index (χ0n) is 12.5. The van der Waals surface area contributed by atoms with Gasteiger partial charge in [0.05, 0.1) is 13.1 Å². The standard InChI is InChI=1S/C13H20N2O7/c1-4-5-13(12(21)22,14-11(20)8(2)3)15(6-9(16)17)7-10(18)19/h2,4-7H2,1,3H3,(H,14,20)(H,16,17)(H,18,19)(H,21,22). The van der Waals surface area contributed by atoms with E-state index >= 15 is 0 Å². The van der Waals surface area contributed by atoms with E-state index < -0.39 is 42.6 Å². The lowest BCUT2D eigenvalue weighted by atomic mass is 10.0. The third kappa shape index (κ3) is 5.17. The highest BCUT2D eigenvalue weighted by Crippen LogP contribution is 2.20. The van der Waals surface area contributed by atoms with E-state index in [-0.39, 0.29) is 18.4 Å². The maximum Gasteiger partial charge on any atom is 0.344 e. The van der Waals surface area contributed by atoms with Gasteiger partial charge in [0.2, 0.25) is 5.91 Å². The van der Waals surface area contributed by atoms with Gasteiger partial charge in [-0.1, -0.05) is 19.9 Å². The lowest BCUT2D eigenvalue weighted by Crippen LogP contribution is -2.67. The SMILES string of the molecule is C=C(C)C(=O)NC(CCC)(C(=O)O)N(CC(=O)O)CC(=O)O. The van der Waals surface area contributed by atoms with Crippen LogP contribution in [0, 0.1) is 0 Å². The number of nitrogens with zero attached hydrogens (tertiary/aromatic N) is 1. The quantitative estimate of drug-likeness (QED) is 0.318. The molecule has 22 heavy (non-hydrogen) atoms. The molecule has 1 unspecified atom stereocenters. The van der Waals surface area contributed by atoms with Crippen molar-refractivity contribution >= 4 is 23.8 Å². The number of carbonyl (C=O) groups is 4. The van der Waals surface area contributed by atoms with Crippen LogP contribution in [0.25, 0.3) is 0 Å². The van der Waals surface area contributed by atoms with Crippen molar-refractivity contribution in [2.24, 2.45) is 0 Å². The third-order valence-electron chi connectivity index (χ3n) is 2.87. The summed E-state index contributed by atoms with van der Waals surface area (Å²) < 4.78 is 0. The van der Waals surface area contributed by atoms with Crippen LogP contribution in [0.1, 0.15) is 26.7 Å². The van der Waals surface area contributed by atoms with Crippen LogP contribution in [-0.4, -0.2) is 62.8 Å². The molecule has 0 aliphatic carbocycles. The number of rotatable bonds is 10. The van der Waals surface area contributed by atoms with E-state index in [0.717, 1.165) is 0 Å². The lowest BCUT2D eigenvalue weighted by molar-refractivity contribution is -0.163. The highest BCUT2D eigenvalue weighted by Gasteiger charge is 2.46. The van der Waals surface area contributed by atoms with E-state index in [1.54, 1.807) is 6.92 Å². The molecule has 0 aromatic heterocycles. The molecule has 9 nitrogen and oxygen atoms in total. The van der Waals surface area contributed by atoms with Crippen molar-refractivity contribution in [3.05, 3.63) is 12.2 Å². The summed E-state index contributed by atoms with van der Waals surface area (Å²) in [7, 11) is 0. The van der Waals surface area contributed by atoms with Gasteiger partial charge in [-0.2, -0.15) is 0 Å². The van der Waals surface area contributed by atoms with Gasteiger partial charge in [0.1, 0.15) is 0 Å². The van der Waals surface area contributed by atoms with Crippen LogP contribution in [0.15, 0.2) is 12.2 Å². The molecule has 4 N–H and O–H groups in total. The first-order chi connectivity index (χ1) is 10.1. The topological polar surface area (TPSA) is 144 Å². The van der Waals surface area contributed by atoms with Crippen molar-refractivity contribution in [3.8, 4) is 0 Å². The Morgan fingerprint density at radius 2 is 1.55 bits per heavy atom. The Balaban J connectivity index is 5.86. The van der Waals surface area contributed by atoms with Crippen molar-refractivity contribution in [1.82, 2.24) is 10.2 Å².